The Morgan fingerprint density at radius 2 is 2.00 bits per heavy atom. The first kappa shape index (κ1) is 6.44. The Kier molecular flexibility index (Phi) is 1.29. The van der Waals surface area contributed by atoms with Crippen LogP contribution in [-0.4, -0.2) is 19.5 Å². The highest BCUT2D eigenvalue weighted by molar-refractivity contribution is 4.98. The molecule has 0 radical (unpaired) electrons. The number of hydrogen-bond donors (Lipinski definition) is 0. The molecule has 4 unspecified atom stereocenters. The molecule has 1 saturated heterocycles. The van der Waals surface area contributed by atoms with Crippen molar-refractivity contribution in [3.05, 3.63) is 0 Å². The fourth-order valence-corrected chi connectivity index (χ4v) is 3.16. The first-order valence-electron chi connectivity index (χ1n) is 4.64. The summed E-state index contributed by atoms with van der Waals surface area (Å²) in [5, 5.41) is 0. The highest BCUT2D eigenvalue weighted by atomic mass is 16.7. The van der Waals surface area contributed by atoms with Gasteiger partial charge in [0.05, 0.1) is 12.7 Å². The summed E-state index contributed by atoms with van der Waals surface area (Å²) >= 11 is 0. The Morgan fingerprint density at radius 1 is 1.09 bits per heavy atom. The summed E-state index contributed by atoms with van der Waals surface area (Å²) in [5.74, 6) is 2.57. The largest absolute Gasteiger partial charge is 0.355 e. The van der Waals surface area contributed by atoms with E-state index in [4.69, 9.17) is 9.47 Å². The summed E-state index contributed by atoms with van der Waals surface area (Å²) in [5.41, 5.74) is 0. The molecule has 2 heteroatoms. The smallest absolute Gasteiger partial charge is 0.147 e. The quantitative estimate of drug-likeness (QED) is 0.525. The second-order valence-electron chi connectivity index (χ2n) is 4.12. The zero-order valence-corrected chi connectivity index (χ0v) is 6.66. The molecule has 0 spiro atoms. The van der Waals surface area contributed by atoms with E-state index in [2.05, 4.69) is 0 Å². The molecule has 0 aromatic rings. The monoisotopic (exact) mass is 154 g/mol. The number of fused-ring (bicyclic) bond motifs is 5. The fraction of sp³-hybridized carbons (Fsp3) is 1.00. The third-order valence-corrected chi connectivity index (χ3v) is 3.66. The van der Waals surface area contributed by atoms with Crippen molar-refractivity contribution in [2.24, 2.45) is 17.8 Å². The molecular weight excluding hydrogens is 140 g/mol. The van der Waals surface area contributed by atoms with E-state index < -0.39 is 0 Å². The molecule has 4 atom stereocenters. The van der Waals surface area contributed by atoms with Gasteiger partial charge in [-0.05, 0) is 31.1 Å². The van der Waals surface area contributed by atoms with E-state index in [9.17, 15) is 0 Å². The summed E-state index contributed by atoms with van der Waals surface area (Å²) in [4.78, 5) is 0. The molecule has 3 aliphatic rings. The van der Waals surface area contributed by atoms with Gasteiger partial charge < -0.3 is 9.47 Å². The molecule has 2 aliphatic carbocycles. The number of ether oxygens (including phenoxy) is 2. The van der Waals surface area contributed by atoms with E-state index in [0.717, 1.165) is 24.4 Å². The second kappa shape index (κ2) is 2.20. The van der Waals surface area contributed by atoms with Crippen LogP contribution >= 0.6 is 0 Å². The molecule has 3 rings (SSSR count). The molecule has 1 heterocycles. The van der Waals surface area contributed by atoms with Gasteiger partial charge in [-0.25, -0.2) is 0 Å². The zero-order chi connectivity index (χ0) is 7.26. The minimum atomic E-state index is 0.546. The van der Waals surface area contributed by atoms with Crippen molar-refractivity contribution < 1.29 is 9.47 Å². The summed E-state index contributed by atoms with van der Waals surface area (Å²) in [7, 11) is 0. The Morgan fingerprint density at radius 3 is 2.91 bits per heavy atom. The maximum Gasteiger partial charge on any atom is 0.147 e. The van der Waals surface area contributed by atoms with Gasteiger partial charge in [-0.2, -0.15) is 0 Å². The third kappa shape index (κ3) is 0.798. The van der Waals surface area contributed by atoms with Crippen molar-refractivity contribution in [1.82, 2.24) is 0 Å². The molecule has 11 heavy (non-hydrogen) atoms. The predicted molar refractivity (Wildman–Crippen MR) is 40.0 cm³/mol. The molecule has 0 aromatic heterocycles. The van der Waals surface area contributed by atoms with Gasteiger partial charge in [0.25, 0.3) is 0 Å². The molecule has 62 valence electrons. The Bertz CT molecular complexity index is 151. The minimum absolute atomic E-state index is 0.546. The molecule has 0 aromatic carbocycles. The summed E-state index contributed by atoms with van der Waals surface area (Å²) < 4.78 is 10.9. The van der Waals surface area contributed by atoms with E-state index in [1.807, 2.05) is 0 Å². The van der Waals surface area contributed by atoms with Gasteiger partial charge in [-0.15, -0.1) is 0 Å². The maximum absolute atomic E-state index is 5.61. The van der Waals surface area contributed by atoms with Gasteiger partial charge in [0, 0.05) is 5.92 Å². The van der Waals surface area contributed by atoms with Gasteiger partial charge in [0.2, 0.25) is 0 Å². The fourth-order valence-electron chi connectivity index (χ4n) is 3.16. The molecule has 2 saturated carbocycles. The number of rotatable bonds is 0. The lowest BCUT2D eigenvalue weighted by Gasteiger charge is -2.34. The maximum atomic E-state index is 5.61. The molecule has 2 bridgehead atoms. The first-order valence-corrected chi connectivity index (χ1v) is 4.64. The van der Waals surface area contributed by atoms with Crippen LogP contribution in [0.4, 0.5) is 0 Å². The lowest BCUT2D eigenvalue weighted by atomic mass is 9.86. The van der Waals surface area contributed by atoms with E-state index in [0.29, 0.717) is 12.9 Å². The van der Waals surface area contributed by atoms with Crippen LogP contribution in [0.3, 0.4) is 0 Å². The van der Waals surface area contributed by atoms with Gasteiger partial charge in [-0.1, -0.05) is 0 Å². The van der Waals surface area contributed by atoms with Gasteiger partial charge in [-0.3, -0.25) is 0 Å². The predicted octanol–water partition coefficient (Wildman–Crippen LogP) is 1.41. The summed E-state index contributed by atoms with van der Waals surface area (Å²) in [6.07, 6.45) is 4.82. The molecule has 2 nitrogen and oxygen atoms in total. The van der Waals surface area contributed by atoms with Crippen LogP contribution in [0.1, 0.15) is 19.3 Å². The van der Waals surface area contributed by atoms with Crippen molar-refractivity contribution in [3.8, 4) is 0 Å². The van der Waals surface area contributed by atoms with E-state index in [-0.39, 0.29) is 0 Å². The zero-order valence-electron chi connectivity index (χ0n) is 6.66. The van der Waals surface area contributed by atoms with E-state index >= 15 is 0 Å². The van der Waals surface area contributed by atoms with Gasteiger partial charge in [0.1, 0.15) is 6.79 Å². The van der Waals surface area contributed by atoms with Crippen LogP contribution in [0, 0.1) is 17.8 Å². The van der Waals surface area contributed by atoms with Crippen molar-refractivity contribution in [2.75, 3.05) is 13.4 Å². The van der Waals surface area contributed by atoms with E-state index in [1.165, 1.54) is 19.3 Å². The molecule has 0 N–H and O–H groups in total. The average molecular weight is 154 g/mol. The van der Waals surface area contributed by atoms with Crippen LogP contribution in [0.5, 0.6) is 0 Å². The number of hydrogen-bond acceptors (Lipinski definition) is 2. The van der Waals surface area contributed by atoms with Crippen LogP contribution in [-0.2, 0) is 9.47 Å². The topological polar surface area (TPSA) is 18.5 Å². The SMILES string of the molecule is C1OCC2C3CCC(C3)C2O1. The summed E-state index contributed by atoms with van der Waals surface area (Å²) in [6, 6.07) is 0. The van der Waals surface area contributed by atoms with Crippen LogP contribution < -0.4 is 0 Å². The average Bonchev–Trinajstić information content (AvgIpc) is 2.64. The standard InChI is InChI=1S/C9H14O2/c1-2-7-3-6(1)8-4-10-5-11-9(7)8/h6-9H,1-5H2. The highest BCUT2D eigenvalue weighted by Gasteiger charge is 2.49. The van der Waals surface area contributed by atoms with E-state index in [1.54, 1.807) is 0 Å². The van der Waals surface area contributed by atoms with Gasteiger partial charge >= 0.3 is 0 Å². The van der Waals surface area contributed by atoms with Crippen molar-refractivity contribution in [2.45, 2.75) is 25.4 Å². The highest BCUT2D eigenvalue weighted by Crippen LogP contribution is 2.50. The third-order valence-electron chi connectivity index (χ3n) is 3.66. The van der Waals surface area contributed by atoms with Crippen molar-refractivity contribution in [1.29, 1.82) is 0 Å². The summed E-state index contributed by atoms with van der Waals surface area (Å²) in [6.45, 7) is 1.51. The van der Waals surface area contributed by atoms with Crippen molar-refractivity contribution >= 4 is 0 Å². The molecule has 3 fully saturated rings. The van der Waals surface area contributed by atoms with Crippen LogP contribution in [0.15, 0.2) is 0 Å². The van der Waals surface area contributed by atoms with Crippen LogP contribution in [0.25, 0.3) is 0 Å². The normalized spacial score (nSPS) is 54.5. The van der Waals surface area contributed by atoms with Crippen molar-refractivity contribution in [3.63, 3.8) is 0 Å². The first-order chi connectivity index (χ1) is 5.45. The Hall–Kier alpha value is -0.0800. The Labute approximate surface area is 66.9 Å². The molecular formula is C9H14O2. The van der Waals surface area contributed by atoms with Gasteiger partial charge in [0.15, 0.2) is 0 Å². The molecule has 1 aliphatic heterocycles. The Balaban J connectivity index is 1.84. The second-order valence-corrected chi connectivity index (χ2v) is 4.12. The van der Waals surface area contributed by atoms with Crippen LogP contribution in [0.2, 0.25) is 0 Å². The lowest BCUT2D eigenvalue weighted by molar-refractivity contribution is -0.183. The minimum Gasteiger partial charge on any atom is -0.355 e. The lowest BCUT2D eigenvalue weighted by Crippen LogP contribution is -2.38. The molecule has 0 amide bonds.